The van der Waals surface area contributed by atoms with E-state index in [1.807, 2.05) is 45.9 Å². The van der Waals surface area contributed by atoms with Crippen LogP contribution in [0.25, 0.3) is 0 Å². The molecule has 32 heavy (non-hydrogen) atoms. The minimum atomic E-state index is -3.49. The summed E-state index contributed by atoms with van der Waals surface area (Å²) in [6.07, 6.45) is 2.43. The Morgan fingerprint density at radius 2 is 1.69 bits per heavy atom. The quantitative estimate of drug-likeness (QED) is 0.561. The first-order valence-corrected chi connectivity index (χ1v) is 12.6. The van der Waals surface area contributed by atoms with Gasteiger partial charge in [0, 0.05) is 19.0 Å². The third-order valence-corrected chi connectivity index (χ3v) is 6.29. The Bertz CT molecular complexity index is 1050. The van der Waals surface area contributed by atoms with E-state index in [1.54, 1.807) is 24.3 Å². The number of hydrogen-bond acceptors (Lipinski definition) is 4. The lowest BCUT2D eigenvalue weighted by atomic mass is 10.1. The highest BCUT2D eigenvalue weighted by atomic mass is 32.2. The van der Waals surface area contributed by atoms with Crippen molar-refractivity contribution in [3.63, 3.8) is 0 Å². The zero-order chi connectivity index (χ0) is 23.9. The van der Waals surface area contributed by atoms with Crippen LogP contribution >= 0.6 is 0 Å². The Kier molecular flexibility index (Phi) is 8.83. The predicted molar refractivity (Wildman–Crippen MR) is 130 cm³/mol. The SMILES string of the molecule is CC[C@H](C)NC(=O)c1ccccc1NC(=O)CCCN(c1cc(C)cc(C)c1)S(C)(=O)=O. The number of carbonyl (C=O) groups excluding carboxylic acids is 2. The van der Waals surface area contributed by atoms with Crippen LogP contribution in [0.4, 0.5) is 11.4 Å². The highest BCUT2D eigenvalue weighted by Crippen LogP contribution is 2.22. The first-order chi connectivity index (χ1) is 15.0. The summed E-state index contributed by atoms with van der Waals surface area (Å²) in [5.41, 5.74) is 3.37. The van der Waals surface area contributed by atoms with Crippen LogP contribution < -0.4 is 14.9 Å². The summed E-state index contributed by atoms with van der Waals surface area (Å²) >= 11 is 0. The molecule has 2 aromatic rings. The molecule has 174 valence electrons. The van der Waals surface area contributed by atoms with E-state index in [4.69, 9.17) is 0 Å². The Balaban J connectivity index is 2.04. The molecule has 0 saturated heterocycles. The molecule has 0 spiro atoms. The van der Waals surface area contributed by atoms with Crippen LogP contribution in [0.15, 0.2) is 42.5 Å². The van der Waals surface area contributed by atoms with Crippen LogP contribution in [0.1, 0.15) is 54.6 Å². The van der Waals surface area contributed by atoms with Crippen molar-refractivity contribution in [3.8, 4) is 0 Å². The minimum absolute atomic E-state index is 0.0264. The van der Waals surface area contributed by atoms with E-state index in [0.29, 0.717) is 23.4 Å². The lowest BCUT2D eigenvalue weighted by molar-refractivity contribution is -0.116. The van der Waals surface area contributed by atoms with Crippen molar-refractivity contribution < 1.29 is 18.0 Å². The maximum atomic E-state index is 12.5. The molecule has 0 fully saturated rings. The second-order valence-corrected chi connectivity index (χ2v) is 10.1. The van der Waals surface area contributed by atoms with Gasteiger partial charge in [0.2, 0.25) is 15.9 Å². The van der Waals surface area contributed by atoms with Crippen LogP contribution in [-0.4, -0.2) is 39.1 Å². The highest BCUT2D eigenvalue weighted by molar-refractivity contribution is 7.92. The fourth-order valence-corrected chi connectivity index (χ4v) is 4.32. The van der Waals surface area contributed by atoms with Gasteiger partial charge in [0.1, 0.15) is 0 Å². The smallest absolute Gasteiger partial charge is 0.253 e. The van der Waals surface area contributed by atoms with Crippen molar-refractivity contribution in [2.45, 2.75) is 53.0 Å². The van der Waals surface area contributed by atoms with Crippen LogP contribution in [0.2, 0.25) is 0 Å². The van der Waals surface area contributed by atoms with E-state index >= 15 is 0 Å². The van der Waals surface area contributed by atoms with Gasteiger partial charge in [0.15, 0.2) is 0 Å². The van der Waals surface area contributed by atoms with E-state index in [-0.39, 0.29) is 30.8 Å². The van der Waals surface area contributed by atoms with Gasteiger partial charge in [-0.3, -0.25) is 13.9 Å². The monoisotopic (exact) mass is 459 g/mol. The Morgan fingerprint density at radius 1 is 1.06 bits per heavy atom. The largest absolute Gasteiger partial charge is 0.350 e. The van der Waals surface area contributed by atoms with E-state index in [0.717, 1.165) is 23.8 Å². The number of nitrogens with one attached hydrogen (secondary N) is 2. The lowest BCUT2D eigenvalue weighted by Crippen LogP contribution is -2.33. The molecule has 0 unspecified atom stereocenters. The number of nitrogens with zero attached hydrogens (tertiary/aromatic N) is 1. The highest BCUT2D eigenvalue weighted by Gasteiger charge is 2.19. The number of benzene rings is 2. The molecule has 0 heterocycles. The topological polar surface area (TPSA) is 95.6 Å². The molecule has 2 N–H and O–H groups in total. The molecule has 0 aliphatic rings. The molecule has 0 aliphatic carbocycles. The number of carbonyl (C=O) groups is 2. The third kappa shape index (κ3) is 7.37. The molecule has 7 nitrogen and oxygen atoms in total. The molecule has 1 atom stereocenters. The summed E-state index contributed by atoms with van der Waals surface area (Å²) in [5.74, 6) is -0.518. The number of para-hydroxylation sites is 1. The summed E-state index contributed by atoms with van der Waals surface area (Å²) in [6, 6.07) is 12.5. The van der Waals surface area contributed by atoms with Crippen molar-refractivity contribution in [1.82, 2.24) is 5.32 Å². The second-order valence-electron chi connectivity index (χ2n) is 8.16. The molecular weight excluding hydrogens is 426 g/mol. The van der Waals surface area contributed by atoms with Gasteiger partial charge in [-0.05, 0) is 69.0 Å². The van der Waals surface area contributed by atoms with Crippen molar-refractivity contribution in [1.29, 1.82) is 0 Å². The molecule has 0 aliphatic heterocycles. The van der Waals surface area contributed by atoms with E-state index in [9.17, 15) is 18.0 Å². The van der Waals surface area contributed by atoms with E-state index < -0.39 is 10.0 Å². The number of amides is 2. The van der Waals surface area contributed by atoms with Crippen molar-refractivity contribution in [2.75, 3.05) is 22.4 Å². The molecule has 2 rings (SSSR count). The first kappa shape index (κ1) is 25.4. The molecule has 0 radical (unpaired) electrons. The zero-order valence-corrected chi connectivity index (χ0v) is 20.3. The van der Waals surface area contributed by atoms with E-state index in [2.05, 4.69) is 10.6 Å². The zero-order valence-electron chi connectivity index (χ0n) is 19.4. The summed E-state index contributed by atoms with van der Waals surface area (Å²) in [4.78, 5) is 25.0. The molecule has 2 amide bonds. The average Bonchev–Trinajstić information content (AvgIpc) is 2.69. The molecule has 8 heteroatoms. The number of hydrogen-bond donors (Lipinski definition) is 2. The summed E-state index contributed by atoms with van der Waals surface area (Å²) in [6.45, 7) is 7.92. The first-order valence-electron chi connectivity index (χ1n) is 10.8. The maximum absolute atomic E-state index is 12.5. The number of anilines is 2. The van der Waals surface area contributed by atoms with E-state index in [1.165, 1.54) is 4.31 Å². The van der Waals surface area contributed by atoms with Gasteiger partial charge in [-0.2, -0.15) is 0 Å². The van der Waals surface area contributed by atoms with Crippen LogP contribution in [-0.2, 0) is 14.8 Å². The Morgan fingerprint density at radius 3 is 2.28 bits per heavy atom. The fraction of sp³-hybridized carbons (Fsp3) is 0.417. The fourth-order valence-electron chi connectivity index (χ4n) is 3.37. The summed E-state index contributed by atoms with van der Waals surface area (Å²) < 4.78 is 26.0. The molecule has 0 aromatic heterocycles. The van der Waals surface area contributed by atoms with Gasteiger partial charge >= 0.3 is 0 Å². The minimum Gasteiger partial charge on any atom is -0.350 e. The van der Waals surface area contributed by atoms with Gasteiger partial charge in [0.05, 0.1) is 23.2 Å². The second kappa shape index (κ2) is 11.1. The Hall–Kier alpha value is -2.87. The maximum Gasteiger partial charge on any atom is 0.253 e. The van der Waals surface area contributed by atoms with Gasteiger partial charge < -0.3 is 10.6 Å². The van der Waals surface area contributed by atoms with Gasteiger partial charge in [-0.15, -0.1) is 0 Å². The molecular formula is C24H33N3O4S. The molecule has 0 saturated carbocycles. The standard InChI is InChI=1S/C24H33N3O4S/c1-6-19(4)25-24(29)21-10-7-8-11-22(21)26-23(28)12-9-13-27(32(5,30)31)20-15-17(2)14-18(3)16-20/h7-8,10-11,14-16,19H,6,9,12-13H2,1-5H3,(H,25,29)(H,26,28)/t19-/m0/s1. The van der Waals surface area contributed by atoms with Crippen molar-refractivity contribution in [3.05, 3.63) is 59.2 Å². The van der Waals surface area contributed by atoms with Crippen LogP contribution in [0.3, 0.4) is 0 Å². The summed E-state index contributed by atoms with van der Waals surface area (Å²) in [7, 11) is -3.49. The van der Waals surface area contributed by atoms with Crippen LogP contribution in [0.5, 0.6) is 0 Å². The number of aryl methyl sites for hydroxylation is 2. The predicted octanol–water partition coefficient (Wildman–Crippen LogP) is 4.02. The van der Waals surface area contributed by atoms with Gasteiger partial charge in [-0.1, -0.05) is 25.1 Å². The van der Waals surface area contributed by atoms with Gasteiger partial charge in [0.25, 0.3) is 5.91 Å². The van der Waals surface area contributed by atoms with Crippen LogP contribution in [0, 0.1) is 13.8 Å². The van der Waals surface area contributed by atoms with Crippen molar-refractivity contribution >= 4 is 33.2 Å². The molecule has 0 bridgehead atoms. The lowest BCUT2D eigenvalue weighted by Gasteiger charge is -2.23. The Labute approximate surface area is 191 Å². The van der Waals surface area contributed by atoms with Gasteiger partial charge in [-0.25, -0.2) is 8.42 Å². The van der Waals surface area contributed by atoms with Crippen molar-refractivity contribution in [2.24, 2.45) is 0 Å². The summed E-state index contributed by atoms with van der Waals surface area (Å²) in [5, 5.41) is 5.68. The number of rotatable bonds is 10. The third-order valence-electron chi connectivity index (χ3n) is 5.10. The normalized spacial score (nSPS) is 12.2. The molecule has 2 aromatic carbocycles. The number of sulfonamides is 1. The average molecular weight is 460 g/mol.